The number of nitrogens with one attached hydrogen (secondary N) is 1. The van der Waals surface area contributed by atoms with E-state index in [-0.39, 0.29) is 17.1 Å². The van der Waals surface area contributed by atoms with Crippen molar-refractivity contribution in [2.24, 2.45) is 0 Å². The Morgan fingerprint density at radius 2 is 2.00 bits per heavy atom. The topological polar surface area (TPSA) is 21.3 Å². The molecule has 0 aromatic heterocycles. The van der Waals surface area contributed by atoms with Gasteiger partial charge in [-0.25, -0.2) is 4.39 Å². The molecule has 1 aliphatic rings. The zero-order valence-electron chi connectivity index (χ0n) is 10.0. The molecular formula is C13H16FNO. The molecule has 0 radical (unpaired) electrons. The van der Waals surface area contributed by atoms with Crippen molar-refractivity contribution in [3.05, 3.63) is 29.6 Å². The molecule has 0 bridgehead atoms. The van der Waals surface area contributed by atoms with Crippen molar-refractivity contribution in [2.45, 2.75) is 26.3 Å². The van der Waals surface area contributed by atoms with E-state index in [0.29, 0.717) is 0 Å². The molecule has 1 aromatic carbocycles. The summed E-state index contributed by atoms with van der Waals surface area (Å²) in [5.74, 6) is -0.0488. The van der Waals surface area contributed by atoms with E-state index >= 15 is 0 Å². The summed E-state index contributed by atoms with van der Waals surface area (Å²) in [7, 11) is 1.48. The lowest BCUT2D eigenvalue weighted by Crippen LogP contribution is -2.31. The van der Waals surface area contributed by atoms with Crippen molar-refractivity contribution in [3.63, 3.8) is 0 Å². The number of anilines is 1. The monoisotopic (exact) mass is 221 g/mol. The number of benzene rings is 1. The minimum Gasteiger partial charge on any atom is -0.494 e. The number of ether oxygens (including phenoxy) is 1. The van der Waals surface area contributed by atoms with Gasteiger partial charge in [-0.1, -0.05) is 6.08 Å². The molecule has 0 fully saturated rings. The first-order valence-corrected chi connectivity index (χ1v) is 5.28. The van der Waals surface area contributed by atoms with Gasteiger partial charge < -0.3 is 10.1 Å². The fourth-order valence-electron chi connectivity index (χ4n) is 2.14. The van der Waals surface area contributed by atoms with Crippen LogP contribution in [0.3, 0.4) is 0 Å². The molecule has 0 unspecified atom stereocenters. The number of methoxy groups -OCH3 is 1. The van der Waals surface area contributed by atoms with Crippen LogP contribution in [0.15, 0.2) is 18.2 Å². The molecule has 0 spiro atoms. The molecule has 1 heterocycles. The standard InChI is InChI=1S/C13H16FNO/c1-8-7-13(2,3)15-11-6-10(14)12(16-4)5-9(8)11/h5-7,15H,1-4H3. The van der Waals surface area contributed by atoms with Gasteiger partial charge in [0.1, 0.15) is 0 Å². The molecule has 0 aliphatic carbocycles. The van der Waals surface area contributed by atoms with Crippen molar-refractivity contribution in [2.75, 3.05) is 12.4 Å². The van der Waals surface area contributed by atoms with Crippen LogP contribution in [-0.2, 0) is 0 Å². The zero-order valence-corrected chi connectivity index (χ0v) is 10.0. The largest absolute Gasteiger partial charge is 0.494 e. The summed E-state index contributed by atoms with van der Waals surface area (Å²) < 4.78 is 18.6. The molecule has 3 heteroatoms. The van der Waals surface area contributed by atoms with Gasteiger partial charge >= 0.3 is 0 Å². The van der Waals surface area contributed by atoms with Crippen molar-refractivity contribution in [1.82, 2.24) is 0 Å². The molecule has 0 saturated heterocycles. The Bertz CT molecular complexity index is 463. The Morgan fingerprint density at radius 1 is 1.31 bits per heavy atom. The van der Waals surface area contributed by atoms with Crippen LogP contribution >= 0.6 is 0 Å². The number of halogens is 1. The molecule has 2 nitrogen and oxygen atoms in total. The highest BCUT2D eigenvalue weighted by Crippen LogP contribution is 2.36. The Morgan fingerprint density at radius 3 is 2.62 bits per heavy atom. The Labute approximate surface area is 95.1 Å². The smallest absolute Gasteiger partial charge is 0.167 e. The van der Waals surface area contributed by atoms with Crippen molar-refractivity contribution in [3.8, 4) is 5.75 Å². The van der Waals surface area contributed by atoms with E-state index in [1.54, 1.807) is 6.07 Å². The Kier molecular flexibility index (Phi) is 2.41. The number of fused-ring (bicyclic) bond motifs is 1. The third kappa shape index (κ3) is 1.77. The second kappa shape index (κ2) is 3.51. The van der Waals surface area contributed by atoms with Crippen molar-refractivity contribution in [1.29, 1.82) is 0 Å². The van der Waals surface area contributed by atoms with Crippen LogP contribution in [0, 0.1) is 5.82 Å². The summed E-state index contributed by atoms with van der Waals surface area (Å²) >= 11 is 0. The van der Waals surface area contributed by atoms with Crippen LogP contribution in [-0.4, -0.2) is 12.6 Å². The van der Waals surface area contributed by atoms with Crippen molar-refractivity contribution >= 4 is 11.3 Å². The maximum Gasteiger partial charge on any atom is 0.167 e. The van der Waals surface area contributed by atoms with Crippen LogP contribution in [0.2, 0.25) is 0 Å². The zero-order chi connectivity index (χ0) is 11.9. The first-order chi connectivity index (χ1) is 7.43. The van der Waals surface area contributed by atoms with E-state index in [1.807, 2.05) is 6.92 Å². The Balaban J connectivity index is 2.58. The highest BCUT2D eigenvalue weighted by Gasteiger charge is 2.23. The third-order valence-electron chi connectivity index (χ3n) is 2.75. The van der Waals surface area contributed by atoms with Gasteiger partial charge in [-0.05, 0) is 32.4 Å². The molecule has 0 amide bonds. The van der Waals surface area contributed by atoms with Crippen LogP contribution in [0.4, 0.5) is 10.1 Å². The lowest BCUT2D eigenvalue weighted by atomic mass is 9.91. The van der Waals surface area contributed by atoms with Gasteiger partial charge in [0.15, 0.2) is 11.6 Å². The molecule has 86 valence electrons. The quantitative estimate of drug-likeness (QED) is 0.784. The predicted octanol–water partition coefficient (Wildman–Crippen LogP) is 3.44. The van der Waals surface area contributed by atoms with E-state index in [0.717, 1.165) is 16.8 Å². The SMILES string of the molecule is COc1cc2c(cc1F)NC(C)(C)C=C2C. The van der Waals surface area contributed by atoms with E-state index in [9.17, 15) is 4.39 Å². The van der Waals surface area contributed by atoms with Crippen LogP contribution in [0.1, 0.15) is 26.3 Å². The minimum atomic E-state index is -0.334. The highest BCUT2D eigenvalue weighted by atomic mass is 19.1. The summed E-state index contributed by atoms with van der Waals surface area (Å²) in [6, 6.07) is 3.23. The van der Waals surface area contributed by atoms with E-state index in [1.165, 1.54) is 13.2 Å². The second-order valence-electron chi connectivity index (χ2n) is 4.71. The molecule has 0 atom stereocenters. The lowest BCUT2D eigenvalue weighted by molar-refractivity contribution is 0.386. The van der Waals surface area contributed by atoms with Gasteiger partial charge in [0.25, 0.3) is 0 Å². The fraction of sp³-hybridized carbons (Fsp3) is 0.385. The summed E-state index contributed by atoms with van der Waals surface area (Å²) in [4.78, 5) is 0. The number of hydrogen-bond acceptors (Lipinski definition) is 2. The molecule has 2 rings (SSSR count). The number of hydrogen-bond donors (Lipinski definition) is 1. The van der Waals surface area contributed by atoms with Gasteiger partial charge in [0, 0.05) is 17.3 Å². The number of allylic oxidation sites excluding steroid dienone is 1. The van der Waals surface area contributed by atoms with Gasteiger partial charge in [0.2, 0.25) is 0 Å². The van der Waals surface area contributed by atoms with Gasteiger partial charge in [-0.15, -0.1) is 0 Å². The van der Waals surface area contributed by atoms with Gasteiger partial charge in [-0.2, -0.15) is 0 Å². The van der Waals surface area contributed by atoms with Crippen LogP contribution in [0.5, 0.6) is 5.75 Å². The molecule has 1 N–H and O–H groups in total. The highest BCUT2D eigenvalue weighted by molar-refractivity contribution is 5.81. The molecule has 16 heavy (non-hydrogen) atoms. The van der Waals surface area contributed by atoms with Crippen LogP contribution < -0.4 is 10.1 Å². The maximum atomic E-state index is 13.6. The first-order valence-electron chi connectivity index (χ1n) is 5.28. The van der Waals surface area contributed by atoms with Crippen LogP contribution in [0.25, 0.3) is 5.57 Å². The maximum absolute atomic E-state index is 13.6. The van der Waals surface area contributed by atoms with E-state index in [4.69, 9.17) is 4.74 Å². The lowest BCUT2D eigenvalue weighted by Gasteiger charge is -2.31. The molecule has 1 aliphatic heterocycles. The summed E-state index contributed by atoms with van der Waals surface area (Å²) in [5.41, 5.74) is 2.82. The normalized spacial score (nSPS) is 17.2. The summed E-state index contributed by atoms with van der Waals surface area (Å²) in [6.45, 7) is 6.14. The number of rotatable bonds is 1. The van der Waals surface area contributed by atoms with E-state index in [2.05, 4.69) is 25.2 Å². The second-order valence-corrected chi connectivity index (χ2v) is 4.71. The van der Waals surface area contributed by atoms with Crippen molar-refractivity contribution < 1.29 is 9.13 Å². The molecule has 1 aromatic rings. The molecule has 0 saturated carbocycles. The minimum absolute atomic E-state index is 0.141. The van der Waals surface area contributed by atoms with Gasteiger partial charge in [0.05, 0.1) is 12.6 Å². The average Bonchev–Trinajstić information content (AvgIpc) is 2.14. The fourth-order valence-corrected chi connectivity index (χ4v) is 2.14. The average molecular weight is 221 g/mol. The third-order valence-corrected chi connectivity index (χ3v) is 2.75. The molecular weight excluding hydrogens is 205 g/mol. The summed E-state index contributed by atoms with van der Waals surface area (Å²) in [6.07, 6.45) is 2.13. The summed E-state index contributed by atoms with van der Waals surface area (Å²) in [5, 5.41) is 3.29. The Hall–Kier alpha value is -1.51. The van der Waals surface area contributed by atoms with E-state index < -0.39 is 0 Å². The predicted molar refractivity (Wildman–Crippen MR) is 64.3 cm³/mol. The first kappa shape index (κ1) is 11.0. The van der Waals surface area contributed by atoms with Gasteiger partial charge in [-0.3, -0.25) is 0 Å².